The maximum absolute atomic E-state index is 12.9. The Morgan fingerprint density at radius 1 is 1.11 bits per heavy atom. The van der Waals surface area contributed by atoms with Crippen LogP contribution in [0.3, 0.4) is 0 Å². The molecule has 5 aliphatic rings. The van der Waals surface area contributed by atoms with Crippen LogP contribution in [0.1, 0.15) is 69.5 Å². The average Bonchev–Trinajstić information content (AvgIpc) is 3.10. The van der Waals surface area contributed by atoms with Crippen molar-refractivity contribution in [3.8, 4) is 0 Å². The molecule has 0 spiro atoms. The predicted octanol–water partition coefficient (Wildman–Crippen LogP) is 3.22. The molecule has 6 rings (SSSR count). The first-order valence-corrected chi connectivity index (χ1v) is 10.6. The van der Waals surface area contributed by atoms with Gasteiger partial charge in [0.15, 0.2) is 0 Å². The molecule has 27 heavy (non-hydrogen) atoms. The summed E-state index contributed by atoms with van der Waals surface area (Å²) in [6.07, 6.45) is 11.1. The molecule has 4 saturated carbocycles. The van der Waals surface area contributed by atoms with Gasteiger partial charge in [0.2, 0.25) is 11.8 Å². The molecule has 2 heterocycles. The standard InChI is InChI=1S/C22H29N3O2/c26-20(24-22-12-15-8-16(13-22)10-17(9-15)14-22)11-21(27)25-7-3-5-19(25)18-4-1-2-6-23-18/h1-2,4,6,15-17,19H,3,5,7-14H2,(H,24,26)/t15?,16?,17?,19-,22?/m1/s1. The number of pyridine rings is 1. The minimum atomic E-state index is -0.0754. The number of likely N-dealkylation sites (tertiary alicyclic amines) is 1. The van der Waals surface area contributed by atoms with Gasteiger partial charge in [-0.2, -0.15) is 0 Å². The van der Waals surface area contributed by atoms with Crippen molar-refractivity contribution in [1.82, 2.24) is 15.2 Å². The average molecular weight is 367 g/mol. The van der Waals surface area contributed by atoms with Crippen molar-refractivity contribution in [1.29, 1.82) is 0 Å². The highest BCUT2D eigenvalue weighted by atomic mass is 16.2. The smallest absolute Gasteiger partial charge is 0.232 e. The van der Waals surface area contributed by atoms with Crippen molar-refractivity contribution < 1.29 is 9.59 Å². The van der Waals surface area contributed by atoms with E-state index in [1.807, 2.05) is 23.1 Å². The summed E-state index contributed by atoms with van der Waals surface area (Å²) >= 11 is 0. The quantitative estimate of drug-likeness (QED) is 0.831. The van der Waals surface area contributed by atoms with Gasteiger partial charge in [0, 0.05) is 18.3 Å². The summed E-state index contributed by atoms with van der Waals surface area (Å²) in [5.41, 5.74) is 0.919. The number of carbonyl (C=O) groups is 2. The number of amides is 2. The number of carbonyl (C=O) groups excluding carboxylic acids is 2. The van der Waals surface area contributed by atoms with Gasteiger partial charge >= 0.3 is 0 Å². The molecular weight excluding hydrogens is 338 g/mol. The van der Waals surface area contributed by atoms with E-state index >= 15 is 0 Å². The van der Waals surface area contributed by atoms with Crippen LogP contribution in [-0.4, -0.2) is 33.8 Å². The van der Waals surface area contributed by atoms with Gasteiger partial charge in [-0.05, 0) is 81.3 Å². The minimum absolute atomic E-state index is 0.0164. The number of hydrogen-bond donors (Lipinski definition) is 1. The SMILES string of the molecule is O=C(CC(=O)N1CCC[C@@H]1c1ccccn1)NC12CC3CC(CC(C3)C1)C2. The summed E-state index contributed by atoms with van der Waals surface area (Å²) in [6, 6.07) is 5.85. The van der Waals surface area contributed by atoms with Gasteiger partial charge in [-0.15, -0.1) is 0 Å². The van der Waals surface area contributed by atoms with Gasteiger partial charge in [0.1, 0.15) is 6.42 Å². The van der Waals surface area contributed by atoms with Gasteiger partial charge in [-0.1, -0.05) is 6.07 Å². The summed E-state index contributed by atoms with van der Waals surface area (Å²) in [7, 11) is 0. The van der Waals surface area contributed by atoms with E-state index in [0.717, 1.165) is 62.1 Å². The Hall–Kier alpha value is -1.91. The van der Waals surface area contributed by atoms with E-state index in [4.69, 9.17) is 0 Å². The maximum atomic E-state index is 12.9. The van der Waals surface area contributed by atoms with Crippen LogP contribution >= 0.6 is 0 Å². The van der Waals surface area contributed by atoms with E-state index in [2.05, 4.69) is 10.3 Å². The molecule has 1 aromatic heterocycles. The second kappa shape index (κ2) is 6.61. The molecule has 1 N–H and O–H groups in total. The Morgan fingerprint density at radius 2 is 1.81 bits per heavy atom. The Bertz CT molecular complexity index is 697. The van der Waals surface area contributed by atoms with Crippen molar-refractivity contribution in [3.05, 3.63) is 30.1 Å². The van der Waals surface area contributed by atoms with E-state index < -0.39 is 0 Å². The summed E-state index contributed by atoms with van der Waals surface area (Å²) < 4.78 is 0. The summed E-state index contributed by atoms with van der Waals surface area (Å²) in [4.78, 5) is 31.9. The first kappa shape index (κ1) is 17.2. The Kier molecular flexibility index (Phi) is 4.21. The van der Waals surface area contributed by atoms with Crippen LogP contribution in [0.2, 0.25) is 0 Å². The molecule has 1 saturated heterocycles. The van der Waals surface area contributed by atoms with E-state index in [1.54, 1.807) is 6.20 Å². The van der Waals surface area contributed by atoms with E-state index in [0.29, 0.717) is 0 Å². The molecule has 0 aromatic carbocycles. The van der Waals surface area contributed by atoms with Crippen molar-refractivity contribution in [2.45, 2.75) is 69.4 Å². The number of nitrogens with one attached hydrogen (secondary N) is 1. The zero-order chi connectivity index (χ0) is 18.4. The fourth-order valence-electron chi connectivity index (χ4n) is 6.79. The minimum Gasteiger partial charge on any atom is -0.350 e. The molecule has 5 heteroatoms. The Morgan fingerprint density at radius 3 is 2.44 bits per heavy atom. The van der Waals surface area contributed by atoms with Crippen LogP contribution < -0.4 is 5.32 Å². The maximum Gasteiger partial charge on any atom is 0.232 e. The van der Waals surface area contributed by atoms with Crippen molar-refractivity contribution >= 4 is 11.8 Å². The van der Waals surface area contributed by atoms with E-state index in [1.165, 1.54) is 19.3 Å². The molecule has 2 amide bonds. The fraction of sp³-hybridized carbons (Fsp3) is 0.682. The molecule has 4 aliphatic carbocycles. The van der Waals surface area contributed by atoms with Gasteiger partial charge in [0.05, 0.1) is 11.7 Å². The Labute approximate surface area is 160 Å². The van der Waals surface area contributed by atoms with Gasteiger partial charge in [-0.25, -0.2) is 0 Å². The zero-order valence-electron chi connectivity index (χ0n) is 15.9. The lowest BCUT2D eigenvalue weighted by molar-refractivity contribution is -0.138. The third-order valence-electron chi connectivity index (χ3n) is 7.36. The normalized spacial score (nSPS) is 36.8. The molecule has 144 valence electrons. The van der Waals surface area contributed by atoms with Crippen LogP contribution in [0.5, 0.6) is 0 Å². The largest absolute Gasteiger partial charge is 0.350 e. The highest BCUT2D eigenvalue weighted by Crippen LogP contribution is 2.55. The molecule has 4 bridgehead atoms. The molecule has 1 aromatic rings. The van der Waals surface area contributed by atoms with Crippen LogP contribution in [0.25, 0.3) is 0 Å². The molecule has 5 nitrogen and oxygen atoms in total. The van der Waals surface area contributed by atoms with E-state index in [-0.39, 0.29) is 29.8 Å². The molecule has 1 aliphatic heterocycles. The van der Waals surface area contributed by atoms with Gasteiger partial charge < -0.3 is 10.2 Å². The highest BCUT2D eigenvalue weighted by Gasteiger charge is 2.51. The molecule has 0 unspecified atom stereocenters. The monoisotopic (exact) mass is 367 g/mol. The van der Waals surface area contributed by atoms with Gasteiger partial charge in [0.25, 0.3) is 0 Å². The summed E-state index contributed by atoms with van der Waals surface area (Å²) in [5.74, 6) is 2.25. The van der Waals surface area contributed by atoms with Crippen molar-refractivity contribution in [2.24, 2.45) is 17.8 Å². The Balaban J connectivity index is 1.23. The number of aromatic nitrogens is 1. The van der Waals surface area contributed by atoms with Crippen molar-refractivity contribution in [3.63, 3.8) is 0 Å². The number of hydrogen-bond acceptors (Lipinski definition) is 3. The number of nitrogens with zero attached hydrogens (tertiary/aromatic N) is 2. The first-order chi connectivity index (χ1) is 13.1. The van der Waals surface area contributed by atoms with Crippen molar-refractivity contribution in [2.75, 3.05) is 6.54 Å². The predicted molar refractivity (Wildman–Crippen MR) is 102 cm³/mol. The molecule has 0 radical (unpaired) electrons. The first-order valence-electron chi connectivity index (χ1n) is 10.6. The molecular formula is C22H29N3O2. The van der Waals surface area contributed by atoms with Crippen LogP contribution in [0.4, 0.5) is 0 Å². The van der Waals surface area contributed by atoms with Crippen LogP contribution in [0.15, 0.2) is 24.4 Å². The summed E-state index contributed by atoms with van der Waals surface area (Å²) in [6.45, 7) is 0.727. The van der Waals surface area contributed by atoms with Gasteiger partial charge in [-0.3, -0.25) is 14.6 Å². The number of rotatable bonds is 4. The van der Waals surface area contributed by atoms with Crippen LogP contribution in [-0.2, 0) is 9.59 Å². The molecule has 1 atom stereocenters. The third-order valence-corrected chi connectivity index (χ3v) is 7.36. The lowest BCUT2D eigenvalue weighted by Gasteiger charge is -2.56. The topological polar surface area (TPSA) is 62.3 Å². The lowest BCUT2D eigenvalue weighted by Crippen LogP contribution is -2.60. The zero-order valence-corrected chi connectivity index (χ0v) is 15.9. The second-order valence-corrected chi connectivity index (χ2v) is 9.42. The lowest BCUT2D eigenvalue weighted by atomic mass is 9.53. The fourth-order valence-corrected chi connectivity index (χ4v) is 6.79. The van der Waals surface area contributed by atoms with Crippen LogP contribution in [0, 0.1) is 17.8 Å². The highest BCUT2D eigenvalue weighted by molar-refractivity contribution is 5.97. The molecule has 5 fully saturated rings. The second-order valence-electron chi connectivity index (χ2n) is 9.42. The summed E-state index contributed by atoms with van der Waals surface area (Å²) in [5, 5.41) is 3.33. The van der Waals surface area contributed by atoms with E-state index in [9.17, 15) is 9.59 Å². The third kappa shape index (κ3) is 3.26.